The van der Waals surface area contributed by atoms with Gasteiger partial charge >= 0.3 is 0 Å². The molecule has 0 radical (unpaired) electrons. The number of amides is 1. The number of carbonyl (C=O) groups is 1. The molecule has 0 aromatic heterocycles. The van der Waals surface area contributed by atoms with Gasteiger partial charge in [0, 0.05) is 33.1 Å². The lowest BCUT2D eigenvalue weighted by Crippen LogP contribution is -2.60. The summed E-state index contributed by atoms with van der Waals surface area (Å²) in [5.74, 6) is 0.179. The molecule has 1 saturated heterocycles. The third-order valence-corrected chi connectivity index (χ3v) is 8.40. The van der Waals surface area contributed by atoms with Gasteiger partial charge in [-0.25, -0.2) is 4.39 Å². The maximum Gasteiger partial charge on any atom is 0.279 e. The zero-order valence-electron chi connectivity index (χ0n) is 20.0. The first-order valence-electron chi connectivity index (χ1n) is 12.1. The molecule has 3 rings (SSSR count). The standard InChI is InChI=1S/C24H38FN3O4S/c1-4-7-24(29)28-15-6-10-22(26-33(30,31)27(2)3)23(28)17-32-21-13-11-18(12-14-21)19-8-5-9-20(25)16-19/h5,8-9,16,18,21-23,26H,4,6-7,10-15,17H2,1-3H3/t18?,21?,22-,23+/m1/s1. The summed E-state index contributed by atoms with van der Waals surface area (Å²) in [5.41, 5.74) is 1.04. The zero-order chi connectivity index (χ0) is 24.0. The van der Waals surface area contributed by atoms with Gasteiger partial charge in [-0.05, 0) is 68.6 Å². The lowest BCUT2D eigenvalue weighted by Gasteiger charge is -2.42. The van der Waals surface area contributed by atoms with Gasteiger partial charge < -0.3 is 9.64 Å². The van der Waals surface area contributed by atoms with Gasteiger partial charge in [0.2, 0.25) is 5.91 Å². The average Bonchev–Trinajstić information content (AvgIpc) is 2.78. The predicted molar refractivity (Wildman–Crippen MR) is 127 cm³/mol. The van der Waals surface area contributed by atoms with Crippen molar-refractivity contribution in [2.75, 3.05) is 27.2 Å². The number of hydrogen-bond donors (Lipinski definition) is 1. The van der Waals surface area contributed by atoms with E-state index in [0.717, 1.165) is 48.4 Å². The highest BCUT2D eigenvalue weighted by atomic mass is 32.2. The minimum atomic E-state index is -3.62. The molecule has 0 spiro atoms. The maximum atomic E-state index is 13.6. The minimum Gasteiger partial charge on any atom is -0.376 e. The Balaban J connectivity index is 1.63. The highest BCUT2D eigenvalue weighted by Gasteiger charge is 2.37. The molecule has 1 aliphatic heterocycles. The monoisotopic (exact) mass is 483 g/mol. The number of piperidine rings is 1. The topological polar surface area (TPSA) is 79.0 Å². The molecule has 1 aliphatic carbocycles. The van der Waals surface area contributed by atoms with Crippen molar-refractivity contribution < 1.29 is 22.3 Å². The molecular formula is C24H38FN3O4S. The van der Waals surface area contributed by atoms with Crippen LogP contribution in [0.4, 0.5) is 4.39 Å². The van der Waals surface area contributed by atoms with Gasteiger partial charge in [-0.3, -0.25) is 4.79 Å². The lowest BCUT2D eigenvalue weighted by molar-refractivity contribution is -0.138. The van der Waals surface area contributed by atoms with E-state index >= 15 is 0 Å². The fraction of sp³-hybridized carbons (Fsp3) is 0.708. The van der Waals surface area contributed by atoms with Gasteiger partial charge in [0.1, 0.15) is 5.82 Å². The molecule has 0 bridgehead atoms. The smallest absolute Gasteiger partial charge is 0.279 e. The van der Waals surface area contributed by atoms with E-state index in [4.69, 9.17) is 4.74 Å². The molecule has 1 saturated carbocycles. The Bertz CT molecular complexity index is 887. The number of ether oxygens (including phenoxy) is 1. The number of benzene rings is 1. The van der Waals surface area contributed by atoms with E-state index < -0.39 is 10.2 Å². The number of nitrogens with one attached hydrogen (secondary N) is 1. The molecular weight excluding hydrogens is 445 g/mol. The van der Waals surface area contributed by atoms with Gasteiger partial charge in [0.05, 0.1) is 18.8 Å². The Morgan fingerprint density at radius 1 is 1.21 bits per heavy atom. The van der Waals surface area contributed by atoms with E-state index in [9.17, 15) is 17.6 Å². The Hall–Kier alpha value is -1.55. The summed E-state index contributed by atoms with van der Waals surface area (Å²) in [5, 5.41) is 0. The number of carbonyl (C=O) groups excluding carboxylic acids is 1. The van der Waals surface area contributed by atoms with Crippen LogP contribution in [-0.2, 0) is 19.7 Å². The Labute approximate surface area is 197 Å². The summed E-state index contributed by atoms with van der Waals surface area (Å²) < 4.78 is 48.8. The Morgan fingerprint density at radius 2 is 1.94 bits per heavy atom. The van der Waals surface area contributed by atoms with Gasteiger partial charge in [0.25, 0.3) is 10.2 Å². The third kappa shape index (κ3) is 6.97. The van der Waals surface area contributed by atoms with Crippen molar-refractivity contribution in [3.63, 3.8) is 0 Å². The number of nitrogens with zero attached hydrogens (tertiary/aromatic N) is 2. The molecule has 186 valence electrons. The normalized spacial score (nSPS) is 26.5. The summed E-state index contributed by atoms with van der Waals surface area (Å²) in [6.45, 7) is 2.90. The molecule has 9 heteroatoms. The van der Waals surface area contributed by atoms with E-state index in [1.54, 1.807) is 12.1 Å². The molecule has 1 N–H and O–H groups in total. The van der Waals surface area contributed by atoms with Crippen LogP contribution in [0.25, 0.3) is 0 Å². The lowest BCUT2D eigenvalue weighted by atomic mass is 9.82. The second-order valence-corrected chi connectivity index (χ2v) is 11.3. The number of hydrogen-bond acceptors (Lipinski definition) is 4. The van der Waals surface area contributed by atoms with Gasteiger partial charge in [-0.1, -0.05) is 19.1 Å². The van der Waals surface area contributed by atoms with Crippen LogP contribution in [0.5, 0.6) is 0 Å². The maximum absolute atomic E-state index is 13.6. The van der Waals surface area contributed by atoms with Gasteiger partial charge in [-0.15, -0.1) is 0 Å². The summed E-state index contributed by atoms with van der Waals surface area (Å²) in [6, 6.07) is 6.12. The molecule has 1 aromatic carbocycles. The molecule has 33 heavy (non-hydrogen) atoms. The largest absolute Gasteiger partial charge is 0.376 e. The molecule has 0 unspecified atom stereocenters. The van der Waals surface area contributed by atoms with Crippen LogP contribution in [0.3, 0.4) is 0 Å². The van der Waals surface area contributed by atoms with Crippen molar-refractivity contribution in [1.82, 2.24) is 13.9 Å². The predicted octanol–water partition coefficient (Wildman–Crippen LogP) is 3.42. The van der Waals surface area contributed by atoms with E-state index in [1.165, 1.54) is 20.2 Å². The number of rotatable bonds is 9. The number of likely N-dealkylation sites (tertiary alicyclic amines) is 1. The van der Waals surface area contributed by atoms with Crippen LogP contribution < -0.4 is 4.72 Å². The van der Waals surface area contributed by atoms with Crippen LogP contribution in [0, 0.1) is 5.82 Å². The first-order chi connectivity index (χ1) is 15.7. The molecule has 2 atom stereocenters. The summed E-state index contributed by atoms with van der Waals surface area (Å²) in [7, 11) is -0.630. The van der Waals surface area contributed by atoms with Crippen LogP contribution in [-0.4, -0.2) is 69.0 Å². The van der Waals surface area contributed by atoms with E-state index in [1.807, 2.05) is 17.9 Å². The van der Waals surface area contributed by atoms with Crippen molar-refractivity contribution >= 4 is 16.1 Å². The van der Waals surface area contributed by atoms with Gasteiger partial charge in [0.15, 0.2) is 0 Å². The van der Waals surface area contributed by atoms with E-state index in [0.29, 0.717) is 31.9 Å². The molecule has 2 aliphatic rings. The third-order valence-electron chi connectivity index (χ3n) is 6.84. The van der Waals surface area contributed by atoms with E-state index in [-0.39, 0.29) is 29.9 Å². The fourth-order valence-corrected chi connectivity index (χ4v) is 5.79. The second-order valence-electron chi connectivity index (χ2n) is 9.42. The fourth-order valence-electron chi connectivity index (χ4n) is 4.92. The molecule has 1 aromatic rings. The quantitative estimate of drug-likeness (QED) is 0.584. The van der Waals surface area contributed by atoms with Crippen molar-refractivity contribution in [3.05, 3.63) is 35.6 Å². The first kappa shape index (κ1) is 26.1. The average molecular weight is 484 g/mol. The minimum absolute atomic E-state index is 0.0506. The summed E-state index contributed by atoms with van der Waals surface area (Å²) >= 11 is 0. The Morgan fingerprint density at radius 3 is 2.58 bits per heavy atom. The van der Waals surface area contributed by atoms with E-state index in [2.05, 4.69) is 4.72 Å². The van der Waals surface area contributed by atoms with Crippen LogP contribution in [0.1, 0.15) is 69.8 Å². The van der Waals surface area contributed by atoms with Crippen LogP contribution >= 0.6 is 0 Å². The van der Waals surface area contributed by atoms with Crippen molar-refractivity contribution in [2.24, 2.45) is 0 Å². The SMILES string of the molecule is CCCC(=O)N1CCC[C@@H](NS(=O)(=O)N(C)C)[C@@H]1COC1CCC(c2cccc(F)c2)CC1. The van der Waals surface area contributed by atoms with Crippen LogP contribution in [0.15, 0.2) is 24.3 Å². The Kier molecular flexibility index (Phi) is 9.26. The van der Waals surface area contributed by atoms with Crippen molar-refractivity contribution in [1.29, 1.82) is 0 Å². The second kappa shape index (κ2) is 11.7. The summed E-state index contributed by atoms with van der Waals surface area (Å²) in [6.07, 6.45) is 6.27. The molecule has 1 amide bonds. The van der Waals surface area contributed by atoms with Crippen LogP contribution in [0.2, 0.25) is 0 Å². The zero-order valence-corrected chi connectivity index (χ0v) is 20.8. The molecule has 7 nitrogen and oxygen atoms in total. The van der Waals surface area contributed by atoms with Crippen molar-refractivity contribution in [2.45, 2.75) is 82.4 Å². The number of halogens is 1. The molecule has 2 fully saturated rings. The highest BCUT2D eigenvalue weighted by molar-refractivity contribution is 7.87. The summed E-state index contributed by atoms with van der Waals surface area (Å²) in [4.78, 5) is 14.6. The highest BCUT2D eigenvalue weighted by Crippen LogP contribution is 2.34. The first-order valence-corrected chi connectivity index (χ1v) is 13.5. The van der Waals surface area contributed by atoms with Gasteiger partial charge in [-0.2, -0.15) is 17.4 Å². The molecule has 1 heterocycles. The van der Waals surface area contributed by atoms with Crippen molar-refractivity contribution in [3.8, 4) is 0 Å².